The van der Waals surface area contributed by atoms with Crippen LogP contribution in [0.15, 0.2) is 65.3 Å². The average Bonchev–Trinajstić information content (AvgIpc) is 3.06. The first-order valence-electron chi connectivity index (χ1n) is 8.33. The van der Waals surface area contributed by atoms with Crippen LogP contribution in [0.4, 0.5) is 0 Å². The number of aromatic nitrogens is 2. The molecule has 0 aliphatic rings. The number of rotatable bonds is 4. The minimum absolute atomic E-state index is 0.443. The molecule has 0 saturated heterocycles. The van der Waals surface area contributed by atoms with Gasteiger partial charge in [-0.2, -0.15) is 0 Å². The lowest BCUT2D eigenvalue weighted by molar-refractivity contribution is 0.426. The van der Waals surface area contributed by atoms with Crippen LogP contribution in [0, 0.1) is 6.92 Å². The third-order valence-corrected chi connectivity index (χ3v) is 5.06. The van der Waals surface area contributed by atoms with Crippen molar-refractivity contribution in [3.8, 4) is 34.1 Å². The molecular weight excluding hydrogens is 419 g/mol. The maximum Gasteiger partial charge on any atom is 0.219 e. The lowest BCUT2D eigenvalue weighted by Crippen LogP contribution is -1.89. The smallest absolute Gasteiger partial charge is 0.219 e. The van der Waals surface area contributed by atoms with E-state index in [0.29, 0.717) is 32.5 Å². The number of pyridine rings is 1. The van der Waals surface area contributed by atoms with Gasteiger partial charge in [0.1, 0.15) is 5.75 Å². The van der Waals surface area contributed by atoms with Crippen molar-refractivity contribution in [2.75, 3.05) is 0 Å². The van der Waals surface area contributed by atoms with Gasteiger partial charge < -0.3 is 9.26 Å². The Morgan fingerprint density at radius 3 is 2.43 bits per heavy atom. The zero-order chi connectivity index (χ0) is 19.7. The molecule has 0 saturated carbocycles. The topological polar surface area (TPSA) is 48.2 Å². The van der Waals surface area contributed by atoms with Crippen molar-refractivity contribution < 1.29 is 9.26 Å². The first-order chi connectivity index (χ1) is 13.5. The van der Waals surface area contributed by atoms with Crippen molar-refractivity contribution in [1.82, 2.24) is 10.1 Å². The van der Waals surface area contributed by atoms with Crippen LogP contribution >= 0.6 is 34.8 Å². The van der Waals surface area contributed by atoms with Gasteiger partial charge >= 0.3 is 0 Å². The van der Waals surface area contributed by atoms with Gasteiger partial charge in [-0.25, -0.2) is 4.98 Å². The maximum absolute atomic E-state index is 6.17. The predicted molar refractivity (Wildman–Crippen MR) is 111 cm³/mol. The highest BCUT2D eigenvalue weighted by Gasteiger charge is 2.18. The molecule has 0 bridgehead atoms. The summed E-state index contributed by atoms with van der Waals surface area (Å²) in [7, 11) is 0. The van der Waals surface area contributed by atoms with Crippen molar-refractivity contribution >= 4 is 34.8 Å². The number of halogens is 3. The Balaban J connectivity index is 1.66. The Kier molecular flexibility index (Phi) is 5.27. The molecule has 0 spiro atoms. The molecule has 0 amide bonds. The first-order valence-corrected chi connectivity index (χ1v) is 9.46. The number of nitrogens with zero attached hydrogens (tertiary/aromatic N) is 2. The zero-order valence-corrected chi connectivity index (χ0v) is 16.9. The largest absolute Gasteiger partial charge is 0.439 e. The van der Waals surface area contributed by atoms with E-state index in [4.69, 9.17) is 44.1 Å². The molecule has 2 heterocycles. The van der Waals surface area contributed by atoms with Crippen molar-refractivity contribution in [3.05, 3.63) is 81.6 Å². The molecule has 0 radical (unpaired) electrons. The average molecular weight is 432 g/mol. The Morgan fingerprint density at radius 1 is 0.893 bits per heavy atom. The fourth-order valence-corrected chi connectivity index (χ4v) is 3.26. The van der Waals surface area contributed by atoms with Crippen molar-refractivity contribution in [1.29, 1.82) is 0 Å². The number of aryl methyl sites for hydroxylation is 1. The molecule has 140 valence electrons. The number of benzene rings is 2. The fourth-order valence-electron chi connectivity index (χ4n) is 2.78. The molecule has 7 heteroatoms. The van der Waals surface area contributed by atoms with Crippen LogP contribution in [0.2, 0.25) is 15.1 Å². The van der Waals surface area contributed by atoms with E-state index in [1.165, 1.54) is 0 Å². The van der Waals surface area contributed by atoms with E-state index in [-0.39, 0.29) is 0 Å². The molecule has 0 N–H and O–H groups in total. The number of hydrogen-bond donors (Lipinski definition) is 0. The van der Waals surface area contributed by atoms with Gasteiger partial charge in [0.25, 0.3) is 0 Å². The second-order valence-corrected chi connectivity index (χ2v) is 7.30. The summed E-state index contributed by atoms with van der Waals surface area (Å²) in [6.07, 6.45) is 1.67. The number of ether oxygens (including phenoxy) is 1. The molecule has 4 aromatic rings. The summed E-state index contributed by atoms with van der Waals surface area (Å²) in [4.78, 5) is 4.36. The molecule has 0 aliphatic carbocycles. The third kappa shape index (κ3) is 3.85. The highest BCUT2D eigenvalue weighted by atomic mass is 35.5. The molecule has 4 nitrogen and oxygen atoms in total. The van der Waals surface area contributed by atoms with Gasteiger partial charge in [-0.1, -0.05) is 52.1 Å². The van der Waals surface area contributed by atoms with Gasteiger partial charge in [0, 0.05) is 22.8 Å². The van der Waals surface area contributed by atoms with Crippen LogP contribution in [-0.4, -0.2) is 10.1 Å². The Morgan fingerprint density at radius 2 is 1.71 bits per heavy atom. The summed E-state index contributed by atoms with van der Waals surface area (Å²) in [6.45, 7) is 1.87. The monoisotopic (exact) mass is 430 g/mol. The SMILES string of the molecule is Cc1noc(-c2ccc(Oc3cccc(Cl)c3)nc2)c1-c1ccc(Cl)c(Cl)c1. The van der Waals surface area contributed by atoms with Gasteiger partial charge in [0.2, 0.25) is 5.88 Å². The highest BCUT2D eigenvalue weighted by molar-refractivity contribution is 6.42. The van der Waals surface area contributed by atoms with Crippen LogP contribution < -0.4 is 4.74 Å². The lowest BCUT2D eigenvalue weighted by atomic mass is 10.0. The van der Waals surface area contributed by atoms with E-state index in [9.17, 15) is 0 Å². The second-order valence-electron chi connectivity index (χ2n) is 6.05. The summed E-state index contributed by atoms with van der Waals surface area (Å²) in [5.41, 5.74) is 3.21. The van der Waals surface area contributed by atoms with Crippen molar-refractivity contribution in [3.63, 3.8) is 0 Å². The van der Waals surface area contributed by atoms with E-state index in [1.807, 2.05) is 31.2 Å². The summed E-state index contributed by atoms with van der Waals surface area (Å²) >= 11 is 18.2. The molecule has 0 aliphatic heterocycles. The Labute approximate surface area is 176 Å². The van der Waals surface area contributed by atoms with Gasteiger partial charge in [-0.3, -0.25) is 0 Å². The standard InChI is InChI=1S/C21H13Cl3N2O2/c1-12-20(13-5-7-17(23)18(24)9-13)21(28-26-12)14-6-8-19(25-11-14)27-16-4-2-3-15(22)10-16/h2-11H,1H3. The molecule has 4 rings (SSSR count). The van der Waals surface area contributed by atoms with Crippen LogP contribution in [0.1, 0.15) is 5.69 Å². The first kappa shape index (κ1) is 18.8. The Hall–Kier alpha value is -2.53. The zero-order valence-electron chi connectivity index (χ0n) is 14.6. The van der Waals surface area contributed by atoms with Crippen molar-refractivity contribution in [2.24, 2.45) is 0 Å². The summed E-state index contributed by atoms with van der Waals surface area (Å²) in [5, 5.41) is 5.65. The molecule has 28 heavy (non-hydrogen) atoms. The predicted octanol–water partition coefficient (Wildman–Crippen LogP) is 7.46. The minimum atomic E-state index is 0.443. The van der Waals surface area contributed by atoms with E-state index < -0.39 is 0 Å². The van der Waals surface area contributed by atoms with Crippen molar-refractivity contribution in [2.45, 2.75) is 6.92 Å². The van der Waals surface area contributed by atoms with Gasteiger partial charge in [-0.15, -0.1) is 0 Å². The van der Waals surface area contributed by atoms with Crippen LogP contribution in [0.25, 0.3) is 22.5 Å². The molecular formula is C21H13Cl3N2O2. The van der Waals surface area contributed by atoms with E-state index in [0.717, 1.165) is 22.4 Å². The van der Waals surface area contributed by atoms with Gasteiger partial charge in [-0.05, 0) is 48.9 Å². The molecule has 2 aromatic heterocycles. The van der Waals surface area contributed by atoms with Crippen LogP contribution in [0.3, 0.4) is 0 Å². The van der Waals surface area contributed by atoms with Crippen LogP contribution in [0.5, 0.6) is 11.6 Å². The Bertz CT molecular complexity index is 1140. The highest BCUT2D eigenvalue weighted by Crippen LogP contribution is 2.37. The fraction of sp³-hybridized carbons (Fsp3) is 0.0476. The maximum atomic E-state index is 6.17. The number of hydrogen-bond acceptors (Lipinski definition) is 4. The third-order valence-electron chi connectivity index (χ3n) is 4.09. The van der Waals surface area contributed by atoms with Crippen LogP contribution in [-0.2, 0) is 0 Å². The van der Waals surface area contributed by atoms with Gasteiger partial charge in [0.05, 0.1) is 21.3 Å². The summed E-state index contributed by atoms with van der Waals surface area (Å²) < 4.78 is 11.3. The van der Waals surface area contributed by atoms with Gasteiger partial charge in [0.15, 0.2) is 5.76 Å². The van der Waals surface area contributed by atoms with E-state index in [1.54, 1.807) is 36.5 Å². The summed E-state index contributed by atoms with van der Waals surface area (Å²) in [6, 6.07) is 16.1. The lowest BCUT2D eigenvalue weighted by Gasteiger charge is -2.07. The second kappa shape index (κ2) is 7.84. The molecule has 0 fully saturated rings. The summed E-state index contributed by atoms with van der Waals surface area (Å²) in [5.74, 6) is 1.65. The molecule has 0 atom stereocenters. The minimum Gasteiger partial charge on any atom is -0.439 e. The molecule has 2 aromatic carbocycles. The van der Waals surface area contributed by atoms with E-state index >= 15 is 0 Å². The van der Waals surface area contributed by atoms with E-state index in [2.05, 4.69) is 10.1 Å². The quantitative estimate of drug-likeness (QED) is 0.336. The normalized spacial score (nSPS) is 10.9. The molecule has 0 unspecified atom stereocenters.